The predicted molar refractivity (Wildman–Crippen MR) is 187 cm³/mol. The van der Waals surface area contributed by atoms with Crippen LogP contribution >= 0.6 is 0 Å². The van der Waals surface area contributed by atoms with Crippen LogP contribution in [0.25, 0.3) is 16.3 Å². The lowest BCUT2D eigenvalue weighted by Crippen LogP contribution is -2.52. The number of nitrogens with zero attached hydrogens (tertiary/aromatic N) is 7. The third-order valence-electron chi connectivity index (χ3n) is 9.95. The number of fused-ring (bicyclic) bond motifs is 2. The summed E-state index contributed by atoms with van der Waals surface area (Å²) in [7, 11) is 2.14. The van der Waals surface area contributed by atoms with Gasteiger partial charge >= 0.3 is 6.01 Å². The summed E-state index contributed by atoms with van der Waals surface area (Å²) in [5.41, 5.74) is 6.60. The fourth-order valence-electron chi connectivity index (χ4n) is 7.33. The molecule has 0 radical (unpaired) electrons. The zero-order valence-electron chi connectivity index (χ0n) is 27.7. The number of aromatic nitrogens is 3. The summed E-state index contributed by atoms with van der Waals surface area (Å²) in [6, 6.07) is 19.6. The van der Waals surface area contributed by atoms with Crippen molar-refractivity contribution in [2.24, 2.45) is 0 Å². The van der Waals surface area contributed by atoms with Crippen LogP contribution < -0.4 is 15.0 Å². The van der Waals surface area contributed by atoms with Crippen LogP contribution in [0, 0.1) is 18.3 Å². The number of carbonyl (C=O) groups is 1. The first-order valence-corrected chi connectivity index (χ1v) is 17.0. The molecular weight excluding hydrogens is 600 g/mol. The van der Waals surface area contributed by atoms with Gasteiger partial charge in [0, 0.05) is 84.5 Å². The summed E-state index contributed by atoms with van der Waals surface area (Å²) in [5.74, 6) is -0.107. The number of likely N-dealkylation sites (tertiary alicyclic amines) is 1. The van der Waals surface area contributed by atoms with Gasteiger partial charge in [0.15, 0.2) is 0 Å². The smallest absolute Gasteiger partial charge is 0.317 e. The molecule has 2 aromatic heterocycles. The maximum absolute atomic E-state index is 13.9. The van der Waals surface area contributed by atoms with E-state index in [1.54, 1.807) is 18.5 Å². The minimum atomic E-state index is -0.107. The summed E-state index contributed by atoms with van der Waals surface area (Å²) in [5, 5.41) is 15.1. The Morgan fingerprint density at radius 2 is 2.00 bits per heavy atom. The zero-order valence-corrected chi connectivity index (χ0v) is 27.7. The number of benzene rings is 2. The molecule has 2 fully saturated rings. The highest BCUT2D eigenvalue weighted by Gasteiger charge is 2.29. The minimum Gasteiger partial charge on any atom is -0.462 e. The van der Waals surface area contributed by atoms with Gasteiger partial charge in [0.2, 0.25) is 5.91 Å². The normalized spacial score (nSPS) is 20.1. The van der Waals surface area contributed by atoms with E-state index in [-0.39, 0.29) is 11.9 Å². The summed E-state index contributed by atoms with van der Waals surface area (Å²) in [6.07, 6.45) is 8.51. The van der Waals surface area contributed by atoms with Gasteiger partial charge in [-0.2, -0.15) is 15.2 Å². The van der Waals surface area contributed by atoms with Gasteiger partial charge in [-0.05, 0) is 62.9 Å². The molecule has 3 aliphatic rings. The van der Waals surface area contributed by atoms with Gasteiger partial charge in [0.1, 0.15) is 6.61 Å². The predicted octanol–water partition coefficient (Wildman–Crippen LogP) is 4.51. The Hall–Kier alpha value is -4.85. The average Bonchev–Trinajstić information content (AvgIpc) is 3.53. The van der Waals surface area contributed by atoms with Crippen molar-refractivity contribution in [3.05, 3.63) is 95.1 Å². The molecule has 2 atom stereocenters. The largest absolute Gasteiger partial charge is 0.462 e. The molecule has 48 heavy (non-hydrogen) atoms. The Bertz CT molecular complexity index is 1870. The van der Waals surface area contributed by atoms with Crippen LogP contribution in [0.3, 0.4) is 0 Å². The standard InChI is InChI=1S/C38H42N8O2/c1-26-7-3-8-27-9-4-12-34(36(26)27)45-19-14-31-33(24-45)42-38(48-25-30-11-6-18-44(30)2)43-37(31)32(28-10-5-16-40-22-28)21-35(47)46-20-17-41-29(23-46)13-15-39/h3-5,7-10,12,16,21-22,29-30,41H,6,11,13-14,17-20,23-25H2,1-2H3/b32-21+/t29-,30-/m0/s1. The van der Waals surface area contributed by atoms with Gasteiger partial charge in [-0.15, -0.1) is 0 Å². The number of rotatable bonds is 8. The summed E-state index contributed by atoms with van der Waals surface area (Å²) in [6.45, 7) is 6.81. The Labute approximate surface area is 282 Å². The van der Waals surface area contributed by atoms with Crippen LogP contribution in [0.2, 0.25) is 0 Å². The molecule has 0 saturated carbocycles. The SMILES string of the molecule is Cc1cccc2cccc(N3CCc4c(nc(OC[C@@H]5CCCN5C)nc4/C(=C/C(=O)N4CCN[C@@H](CC#N)C4)c4cccnc4)C3)c12. The van der Waals surface area contributed by atoms with Gasteiger partial charge in [0.25, 0.3) is 0 Å². The van der Waals surface area contributed by atoms with Crippen LogP contribution in [0.5, 0.6) is 6.01 Å². The Kier molecular flexibility index (Phi) is 9.32. The van der Waals surface area contributed by atoms with Crippen LogP contribution in [-0.4, -0.2) is 89.1 Å². The van der Waals surface area contributed by atoms with E-state index in [1.807, 2.05) is 17.0 Å². The molecule has 0 bridgehead atoms. The lowest BCUT2D eigenvalue weighted by molar-refractivity contribution is -0.127. The number of amides is 1. The van der Waals surface area contributed by atoms with E-state index in [1.165, 1.54) is 22.0 Å². The number of nitriles is 1. The number of carbonyl (C=O) groups excluding carboxylic acids is 1. The second kappa shape index (κ2) is 14.1. The zero-order chi connectivity index (χ0) is 33.0. The molecule has 10 nitrogen and oxygen atoms in total. The number of anilines is 1. The maximum atomic E-state index is 13.9. The molecular formula is C38H42N8O2. The fraction of sp³-hybridized carbons (Fsp3) is 0.395. The van der Waals surface area contributed by atoms with Crippen molar-refractivity contribution in [1.29, 1.82) is 5.26 Å². The first-order chi connectivity index (χ1) is 23.5. The van der Waals surface area contributed by atoms with Gasteiger partial charge in [-0.25, -0.2) is 0 Å². The third kappa shape index (κ3) is 6.61. The molecule has 7 rings (SSSR count). The molecule has 246 valence electrons. The summed E-state index contributed by atoms with van der Waals surface area (Å²) >= 11 is 0. The molecule has 5 heterocycles. The number of hydrogen-bond acceptors (Lipinski definition) is 9. The van der Waals surface area contributed by atoms with Crippen LogP contribution in [0.1, 0.15) is 47.3 Å². The number of pyridine rings is 1. The third-order valence-corrected chi connectivity index (χ3v) is 9.95. The van der Waals surface area contributed by atoms with Crippen molar-refractivity contribution in [3.8, 4) is 12.1 Å². The van der Waals surface area contributed by atoms with Crippen molar-refractivity contribution < 1.29 is 9.53 Å². The van der Waals surface area contributed by atoms with E-state index in [2.05, 4.69) is 76.5 Å². The van der Waals surface area contributed by atoms with Gasteiger partial charge in [-0.1, -0.05) is 36.4 Å². The van der Waals surface area contributed by atoms with Gasteiger partial charge in [-0.3, -0.25) is 9.78 Å². The second-order valence-electron chi connectivity index (χ2n) is 13.1. The topological polar surface area (TPSA) is 111 Å². The second-order valence-corrected chi connectivity index (χ2v) is 13.1. The molecule has 0 spiro atoms. The number of piperazine rings is 1. The van der Waals surface area contributed by atoms with Gasteiger partial charge in [0.05, 0.1) is 30.4 Å². The number of likely N-dealkylation sites (N-methyl/N-ethyl adjacent to an activating group) is 1. The Balaban J connectivity index is 1.30. The fourth-order valence-corrected chi connectivity index (χ4v) is 7.33. The Morgan fingerprint density at radius 1 is 1.12 bits per heavy atom. The van der Waals surface area contributed by atoms with Crippen molar-refractivity contribution >= 4 is 27.9 Å². The Morgan fingerprint density at radius 3 is 2.79 bits per heavy atom. The van der Waals surface area contributed by atoms with E-state index < -0.39 is 0 Å². The summed E-state index contributed by atoms with van der Waals surface area (Å²) in [4.78, 5) is 35.0. The number of hydrogen-bond donors (Lipinski definition) is 1. The maximum Gasteiger partial charge on any atom is 0.317 e. The van der Waals surface area contributed by atoms with E-state index in [0.717, 1.165) is 42.8 Å². The van der Waals surface area contributed by atoms with E-state index >= 15 is 0 Å². The highest BCUT2D eigenvalue weighted by Crippen LogP contribution is 2.36. The van der Waals surface area contributed by atoms with Crippen LogP contribution in [0.4, 0.5) is 5.69 Å². The highest BCUT2D eigenvalue weighted by atomic mass is 16.5. The molecule has 4 aromatic rings. The van der Waals surface area contributed by atoms with Crippen LogP contribution in [-0.2, 0) is 17.8 Å². The molecule has 0 unspecified atom stereocenters. The van der Waals surface area contributed by atoms with Crippen molar-refractivity contribution in [3.63, 3.8) is 0 Å². The molecule has 1 amide bonds. The summed E-state index contributed by atoms with van der Waals surface area (Å²) < 4.78 is 6.39. The molecule has 10 heteroatoms. The van der Waals surface area contributed by atoms with Crippen molar-refractivity contribution in [2.75, 3.05) is 51.3 Å². The molecule has 2 saturated heterocycles. The quantitative estimate of drug-likeness (QED) is 0.278. The molecule has 3 aliphatic heterocycles. The molecule has 1 N–H and O–H groups in total. The first kappa shape index (κ1) is 31.7. The molecule has 2 aromatic carbocycles. The number of aryl methyl sites for hydroxylation is 1. The average molecular weight is 643 g/mol. The minimum absolute atomic E-state index is 0.0489. The molecule has 0 aliphatic carbocycles. The number of nitrogens with one attached hydrogen (secondary N) is 1. The van der Waals surface area contributed by atoms with Crippen molar-refractivity contribution in [2.45, 2.75) is 51.2 Å². The number of ether oxygens (including phenoxy) is 1. The van der Waals surface area contributed by atoms with Crippen LogP contribution in [0.15, 0.2) is 67.0 Å². The lowest BCUT2D eigenvalue weighted by Gasteiger charge is -2.33. The van der Waals surface area contributed by atoms with E-state index in [0.29, 0.717) is 68.9 Å². The lowest BCUT2D eigenvalue weighted by atomic mass is 9.93. The van der Waals surface area contributed by atoms with E-state index in [4.69, 9.17) is 14.7 Å². The van der Waals surface area contributed by atoms with E-state index in [9.17, 15) is 10.1 Å². The monoisotopic (exact) mass is 642 g/mol. The first-order valence-electron chi connectivity index (χ1n) is 17.0. The van der Waals surface area contributed by atoms with Crippen molar-refractivity contribution in [1.82, 2.24) is 30.1 Å². The van der Waals surface area contributed by atoms with Gasteiger partial charge < -0.3 is 24.8 Å². The highest BCUT2D eigenvalue weighted by molar-refractivity contribution is 5.99.